The zero-order valence-electron chi connectivity index (χ0n) is 22.9. The fourth-order valence-corrected chi connectivity index (χ4v) is 5.39. The van der Waals surface area contributed by atoms with Crippen LogP contribution in [0.3, 0.4) is 0 Å². The lowest BCUT2D eigenvalue weighted by atomic mass is 9.91. The van der Waals surface area contributed by atoms with Crippen molar-refractivity contribution in [2.45, 2.75) is 63.0 Å². The van der Waals surface area contributed by atoms with Crippen molar-refractivity contribution in [1.29, 1.82) is 0 Å². The summed E-state index contributed by atoms with van der Waals surface area (Å²) in [6.45, 7) is 2.82. The van der Waals surface area contributed by atoms with Crippen molar-refractivity contribution in [3.63, 3.8) is 0 Å². The zero-order valence-corrected chi connectivity index (χ0v) is 22.9. The first-order valence-corrected chi connectivity index (χ1v) is 13.4. The molecule has 3 aromatic rings. The van der Waals surface area contributed by atoms with Gasteiger partial charge in [-0.05, 0) is 67.6 Å². The molecule has 5 rings (SSSR count). The molecule has 0 aromatic heterocycles. The van der Waals surface area contributed by atoms with Gasteiger partial charge in [-0.25, -0.2) is 4.39 Å². The lowest BCUT2D eigenvalue weighted by Crippen LogP contribution is -2.40. The van der Waals surface area contributed by atoms with Gasteiger partial charge in [0.2, 0.25) is 0 Å². The maximum Gasteiger partial charge on any atom is 0.417 e. The van der Waals surface area contributed by atoms with E-state index in [1.807, 2.05) is 0 Å². The average Bonchev–Trinajstić information content (AvgIpc) is 3.50. The fourth-order valence-electron chi connectivity index (χ4n) is 5.39. The molecule has 0 fully saturated rings. The summed E-state index contributed by atoms with van der Waals surface area (Å²) in [7, 11) is 0. The molecule has 42 heavy (non-hydrogen) atoms. The molecule has 2 aliphatic rings. The van der Waals surface area contributed by atoms with Crippen molar-refractivity contribution < 1.29 is 51.9 Å². The molecule has 0 amide bonds. The molecule has 1 heterocycles. The van der Waals surface area contributed by atoms with Crippen molar-refractivity contribution in [2.75, 3.05) is 13.2 Å². The van der Waals surface area contributed by atoms with E-state index in [0.717, 1.165) is 5.56 Å². The molecule has 0 bridgehead atoms. The number of fused-ring (bicyclic) bond motifs is 2. The van der Waals surface area contributed by atoms with Crippen LogP contribution >= 0.6 is 0 Å². The second kappa shape index (κ2) is 11.1. The minimum Gasteiger partial charge on any atom is -0.492 e. The summed E-state index contributed by atoms with van der Waals surface area (Å²) in [5.74, 6) is -1.19. The summed E-state index contributed by atoms with van der Waals surface area (Å²) in [5.41, 5.74) is -1.44. The van der Waals surface area contributed by atoms with Crippen molar-refractivity contribution in [3.8, 4) is 28.4 Å². The lowest BCUT2D eigenvalue weighted by Gasteiger charge is -2.24. The van der Waals surface area contributed by atoms with Crippen LogP contribution in [0.4, 0.5) is 17.6 Å². The quantitative estimate of drug-likeness (QED) is 0.261. The molecule has 224 valence electrons. The monoisotopic (exact) mass is 590 g/mol. The molecular weight excluding hydrogens is 560 g/mol. The van der Waals surface area contributed by atoms with Crippen molar-refractivity contribution in [1.82, 2.24) is 0 Å². The summed E-state index contributed by atoms with van der Waals surface area (Å²) < 4.78 is 74.9. The molecular formula is C31H30F4O7. The van der Waals surface area contributed by atoms with Crippen molar-refractivity contribution in [2.24, 2.45) is 0 Å². The number of halogens is 4. The first-order chi connectivity index (χ1) is 19.7. The third kappa shape index (κ3) is 6.03. The Hall–Kier alpha value is -3.83. The smallest absolute Gasteiger partial charge is 0.417 e. The number of rotatable bonds is 9. The molecule has 0 saturated heterocycles. The average molecular weight is 591 g/mol. The molecule has 1 aliphatic heterocycles. The molecule has 0 unspecified atom stereocenters. The first-order valence-electron chi connectivity index (χ1n) is 13.4. The maximum atomic E-state index is 15.3. The summed E-state index contributed by atoms with van der Waals surface area (Å²) in [6.07, 6.45) is -6.55. The number of hydrogen-bond acceptors (Lipinski definition) is 6. The predicted molar refractivity (Wildman–Crippen MR) is 143 cm³/mol. The number of carbonyl (C=O) groups is 1. The Kier molecular flexibility index (Phi) is 7.84. The maximum absolute atomic E-state index is 15.3. The summed E-state index contributed by atoms with van der Waals surface area (Å²) in [4.78, 5) is 11.1. The van der Waals surface area contributed by atoms with Crippen LogP contribution in [-0.4, -0.2) is 46.2 Å². The van der Waals surface area contributed by atoms with Gasteiger partial charge in [0.15, 0.2) is 0 Å². The highest BCUT2D eigenvalue weighted by atomic mass is 19.4. The second-order valence-corrected chi connectivity index (χ2v) is 11.1. The van der Waals surface area contributed by atoms with Crippen LogP contribution in [0.2, 0.25) is 0 Å². The number of benzene rings is 3. The van der Waals surface area contributed by atoms with Gasteiger partial charge in [-0.2, -0.15) is 13.2 Å². The number of aliphatic carboxylic acids is 1. The van der Waals surface area contributed by atoms with Crippen molar-refractivity contribution >= 4 is 5.97 Å². The summed E-state index contributed by atoms with van der Waals surface area (Å²) in [6, 6.07) is 11.2. The number of ether oxygens (including phenoxy) is 3. The van der Waals surface area contributed by atoms with E-state index in [0.29, 0.717) is 17.6 Å². The first kappa shape index (κ1) is 29.7. The third-order valence-corrected chi connectivity index (χ3v) is 7.64. The minimum absolute atomic E-state index is 0.0526. The zero-order chi connectivity index (χ0) is 30.4. The summed E-state index contributed by atoms with van der Waals surface area (Å²) >= 11 is 0. The Labute approximate surface area is 239 Å². The minimum atomic E-state index is -4.82. The molecule has 3 aromatic carbocycles. The molecule has 11 heteroatoms. The normalized spacial score (nSPS) is 18.7. The molecule has 3 N–H and O–H groups in total. The Bertz CT molecular complexity index is 1480. The van der Waals surface area contributed by atoms with E-state index in [9.17, 15) is 28.2 Å². The van der Waals surface area contributed by atoms with E-state index in [4.69, 9.17) is 19.3 Å². The topological polar surface area (TPSA) is 105 Å². The van der Waals surface area contributed by atoms with Crippen LogP contribution in [0.5, 0.6) is 17.2 Å². The number of aliphatic hydroxyl groups excluding tert-OH is 1. The summed E-state index contributed by atoms with van der Waals surface area (Å²) in [5, 5.41) is 29.0. The fraction of sp³-hybridized carbons (Fsp3) is 0.387. The second-order valence-electron chi connectivity index (χ2n) is 11.1. The van der Waals surface area contributed by atoms with Crippen LogP contribution in [0.25, 0.3) is 11.1 Å². The van der Waals surface area contributed by atoms with Gasteiger partial charge in [0.1, 0.15) is 41.9 Å². The third-order valence-electron chi connectivity index (χ3n) is 7.64. The van der Waals surface area contributed by atoms with Crippen molar-refractivity contribution in [3.05, 3.63) is 76.6 Å². The predicted octanol–water partition coefficient (Wildman–Crippen LogP) is 6.04. The highest BCUT2D eigenvalue weighted by Crippen LogP contribution is 2.48. The van der Waals surface area contributed by atoms with E-state index >= 15 is 4.39 Å². The van der Waals surface area contributed by atoms with Gasteiger partial charge in [-0.15, -0.1) is 0 Å². The van der Waals surface area contributed by atoms with E-state index in [1.165, 1.54) is 38.1 Å². The van der Waals surface area contributed by atoms with Gasteiger partial charge in [0.05, 0.1) is 24.2 Å². The van der Waals surface area contributed by atoms with E-state index in [-0.39, 0.29) is 66.4 Å². The lowest BCUT2D eigenvalue weighted by molar-refractivity contribution is -0.138. The van der Waals surface area contributed by atoms with Gasteiger partial charge < -0.3 is 29.5 Å². The Morgan fingerprint density at radius 2 is 1.79 bits per heavy atom. The van der Waals surface area contributed by atoms with Crippen LogP contribution < -0.4 is 14.2 Å². The van der Waals surface area contributed by atoms with Gasteiger partial charge in [-0.3, -0.25) is 4.79 Å². The number of aliphatic hydroxyl groups is 2. The van der Waals surface area contributed by atoms with Crippen LogP contribution in [0.1, 0.15) is 61.0 Å². The largest absolute Gasteiger partial charge is 0.492 e. The molecule has 7 nitrogen and oxygen atoms in total. The van der Waals surface area contributed by atoms with Crippen LogP contribution in [-0.2, 0) is 17.4 Å². The molecule has 0 spiro atoms. The van der Waals surface area contributed by atoms with Crippen LogP contribution in [0, 0.1) is 5.82 Å². The SMILES string of the molecule is CC(C)(O)[C@H](O)COc1ccc(-c2c(C(F)(F)F)cc(F)c3c2CC[C@H]3Oc2ccc3c(c2)OC[C@H]3CC(=O)O)cc1. The van der Waals surface area contributed by atoms with Crippen LogP contribution in [0.15, 0.2) is 48.5 Å². The molecule has 0 saturated carbocycles. The Balaban J connectivity index is 1.43. The molecule has 0 radical (unpaired) electrons. The van der Waals surface area contributed by atoms with Gasteiger partial charge in [0.25, 0.3) is 0 Å². The van der Waals surface area contributed by atoms with Gasteiger partial charge >= 0.3 is 12.1 Å². The number of carboxylic acid groups (broad SMARTS) is 1. The number of alkyl halides is 3. The van der Waals surface area contributed by atoms with E-state index < -0.39 is 41.3 Å². The molecule has 1 aliphatic carbocycles. The highest BCUT2D eigenvalue weighted by molar-refractivity contribution is 5.75. The van der Waals surface area contributed by atoms with E-state index in [1.54, 1.807) is 18.2 Å². The van der Waals surface area contributed by atoms with Gasteiger partial charge in [-0.1, -0.05) is 18.2 Å². The number of carboxylic acids is 1. The Morgan fingerprint density at radius 1 is 1.10 bits per heavy atom. The highest BCUT2D eigenvalue weighted by Gasteiger charge is 2.40. The van der Waals surface area contributed by atoms with Gasteiger partial charge in [0, 0.05) is 23.1 Å². The van der Waals surface area contributed by atoms with E-state index in [2.05, 4.69) is 0 Å². The Morgan fingerprint density at radius 3 is 2.43 bits per heavy atom. The molecule has 3 atom stereocenters. The number of hydrogen-bond donors (Lipinski definition) is 3. The standard InChI is InChI=1S/C31H30F4O7/c1-30(2,39)26(36)15-40-18-5-3-16(4-6-18)28-21-9-10-24(29(21)23(32)13-22(28)31(33,34)35)42-19-7-8-20-17(11-27(37)38)14-41-25(20)12-19/h3-8,12-13,17,24,26,36,39H,9-11,14-15H2,1-2H3,(H,37,38)/t17-,24-,26-/m1/s1.